The van der Waals surface area contributed by atoms with E-state index in [1.165, 1.54) is 6.07 Å². The maximum Gasteiger partial charge on any atom is 0.255 e. The number of rotatable bonds is 4. The summed E-state index contributed by atoms with van der Waals surface area (Å²) in [4.78, 5) is 38.3. The van der Waals surface area contributed by atoms with Crippen molar-refractivity contribution in [3.8, 4) is 5.75 Å². The van der Waals surface area contributed by atoms with Gasteiger partial charge in [0.05, 0.1) is 24.0 Å². The molecule has 0 aromatic heterocycles. The van der Waals surface area contributed by atoms with Crippen molar-refractivity contribution in [2.45, 2.75) is 24.5 Å². The Morgan fingerprint density at radius 1 is 1.27 bits per heavy atom. The first-order valence-electron chi connectivity index (χ1n) is 10.1. The number of nitrogens with two attached hydrogens (primary N) is 2. The number of hydrogen-bond donors (Lipinski definition) is 9. The molecule has 0 bridgehead atoms. The SMILES string of the molecule is CNc1cc(N)c(O)c2c1C[C@H]1C[C@H]3[C@@H](NCO)C(=O)C(C(N)=O)=C(O)[C@@]3(O)C(=O)C1=C2O. The molecule has 11 N–H and O–H groups in total. The Balaban J connectivity index is 1.98. The number of phenolic OH excluding ortho intramolecular Hbond substituents is 1. The van der Waals surface area contributed by atoms with Gasteiger partial charge in [0.1, 0.15) is 22.8 Å². The van der Waals surface area contributed by atoms with E-state index in [1.54, 1.807) is 7.05 Å². The van der Waals surface area contributed by atoms with Gasteiger partial charge in [0.25, 0.3) is 5.91 Å². The molecule has 1 aromatic rings. The number of Topliss-reactive ketones (excluding diaryl/α,β-unsaturated/α-hetero) is 2. The highest BCUT2D eigenvalue weighted by atomic mass is 16.3. The van der Waals surface area contributed by atoms with E-state index in [0.717, 1.165) is 0 Å². The number of primary amides is 1. The maximum atomic E-state index is 13.6. The second-order valence-electron chi connectivity index (χ2n) is 8.36. The average molecular weight is 460 g/mol. The molecule has 1 aromatic carbocycles. The predicted molar refractivity (Wildman–Crippen MR) is 115 cm³/mol. The predicted octanol–water partition coefficient (Wildman–Crippen LogP) is -1.43. The molecule has 0 spiro atoms. The number of phenols is 1. The first kappa shape index (κ1) is 22.6. The van der Waals surface area contributed by atoms with Crippen LogP contribution in [0.25, 0.3) is 5.76 Å². The Bertz CT molecular complexity index is 1170. The van der Waals surface area contributed by atoms with E-state index in [2.05, 4.69) is 10.6 Å². The van der Waals surface area contributed by atoms with Crippen molar-refractivity contribution >= 4 is 34.6 Å². The van der Waals surface area contributed by atoms with Crippen LogP contribution in [0, 0.1) is 11.8 Å². The Hall–Kier alpha value is -3.61. The average Bonchev–Trinajstić information content (AvgIpc) is 2.75. The van der Waals surface area contributed by atoms with Crippen LogP contribution in [-0.4, -0.2) is 68.4 Å². The number of nitrogens with one attached hydrogen (secondary N) is 2. The number of aliphatic hydroxyl groups excluding tert-OH is 3. The number of anilines is 2. The molecule has 33 heavy (non-hydrogen) atoms. The van der Waals surface area contributed by atoms with Gasteiger partial charge in [0.2, 0.25) is 5.78 Å². The Labute approximate surface area is 187 Å². The number of benzene rings is 1. The molecule has 176 valence electrons. The topological polar surface area (TPSA) is 228 Å². The fraction of sp³-hybridized carbons (Fsp3) is 0.381. The molecule has 1 fully saturated rings. The minimum Gasteiger partial charge on any atom is -0.508 e. The monoisotopic (exact) mass is 460 g/mol. The Morgan fingerprint density at radius 3 is 2.52 bits per heavy atom. The van der Waals surface area contributed by atoms with Crippen LogP contribution in [0.3, 0.4) is 0 Å². The molecule has 0 heterocycles. The van der Waals surface area contributed by atoms with E-state index in [-0.39, 0.29) is 29.7 Å². The van der Waals surface area contributed by atoms with Gasteiger partial charge in [0, 0.05) is 24.2 Å². The van der Waals surface area contributed by atoms with Gasteiger partial charge in [-0.1, -0.05) is 0 Å². The standard InChI is InChI=1S/C21H24N4O8/c1-24-10-4-9(22)15(27)12-7(10)2-6-3-8-14(25-5-26)17(29)13(20(23)32)19(31)21(8,33)18(30)11(6)16(12)28/h4,6,8,14,24-28,31,33H,2-3,5,22H2,1H3,(H2,23,32)/t6-,8-,14+,21-/m0/s1. The number of carbonyl (C=O) groups is 3. The van der Waals surface area contributed by atoms with Gasteiger partial charge in [0.15, 0.2) is 11.4 Å². The quantitative estimate of drug-likeness (QED) is 0.0831. The van der Waals surface area contributed by atoms with Crippen LogP contribution in [0.5, 0.6) is 5.75 Å². The van der Waals surface area contributed by atoms with E-state index < -0.39 is 70.5 Å². The number of nitrogen functional groups attached to an aromatic ring is 1. The summed E-state index contributed by atoms with van der Waals surface area (Å²) in [6.45, 7) is -0.720. The van der Waals surface area contributed by atoms with Crippen LogP contribution in [0.2, 0.25) is 0 Å². The molecule has 12 heteroatoms. The molecule has 0 saturated heterocycles. The Morgan fingerprint density at radius 2 is 1.94 bits per heavy atom. The second-order valence-corrected chi connectivity index (χ2v) is 8.36. The molecule has 0 unspecified atom stereocenters. The van der Waals surface area contributed by atoms with Crippen LogP contribution >= 0.6 is 0 Å². The van der Waals surface area contributed by atoms with Gasteiger partial charge in [-0.2, -0.15) is 0 Å². The molecule has 3 aliphatic rings. The first-order valence-corrected chi connectivity index (χ1v) is 10.1. The van der Waals surface area contributed by atoms with E-state index in [0.29, 0.717) is 11.3 Å². The summed E-state index contributed by atoms with van der Waals surface area (Å²) in [6.07, 6.45) is 0.0408. The molecular formula is C21H24N4O8. The van der Waals surface area contributed by atoms with E-state index in [4.69, 9.17) is 11.5 Å². The van der Waals surface area contributed by atoms with Gasteiger partial charge >= 0.3 is 0 Å². The molecular weight excluding hydrogens is 436 g/mol. The van der Waals surface area contributed by atoms with E-state index in [9.17, 15) is 39.9 Å². The summed E-state index contributed by atoms with van der Waals surface area (Å²) >= 11 is 0. The molecule has 3 aliphatic carbocycles. The third-order valence-corrected chi connectivity index (χ3v) is 6.81. The maximum absolute atomic E-state index is 13.6. The molecule has 12 nitrogen and oxygen atoms in total. The molecule has 4 rings (SSSR count). The smallest absolute Gasteiger partial charge is 0.255 e. The first-order chi connectivity index (χ1) is 15.5. The van der Waals surface area contributed by atoms with Crippen molar-refractivity contribution in [1.82, 2.24) is 5.32 Å². The summed E-state index contributed by atoms with van der Waals surface area (Å²) in [5.74, 6) is -7.76. The summed E-state index contributed by atoms with van der Waals surface area (Å²) in [6, 6.07) is 0.0671. The van der Waals surface area contributed by atoms with Gasteiger partial charge in [-0.15, -0.1) is 0 Å². The minimum absolute atomic E-state index is 0.0576. The highest BCUT2D eigenvalue weighted by molar-refractivity contribution is 6.24. The number of aromatic hydroxyl groups is 1. The zero-order valence-corrected chi connectivity index (χ0v) is 17.5. The zero-order valence-electron chi connectivity index (χ0n) is 17.5. The molecule has 0 aliphatic heterocycles. The molecule has 4 atom stereocenters. The molecule has 0 radical (unpaired) electrons. The van der Waals surface area contributed by atoms with Gasteiger partial charge in [-0.25, -0.2) is 0 Å². The van der Waals surface area contributed by atoms with Crippen molar-refractivity contribution in [2.75, 3.05) is 24.8 Å². The highest BCUT2D eigenvalue weighted by Gasteiger charge is 2.63. The van der Waals surface area contributed by atoms with Crippen LogP contribution < -0.4 is 22.1 Å². The van der Waals surface area contributed by atoms with Crippen molar-refractivity contribution < 1.29 is 39.9 Å². The zero-order chi connectivity index (χ0) is 24.4. The van der Waals surface area contributed by atoms with Crippen LogP contribution in [0.1, 0.15) is 17.5 Å². The number of aliphatic hydroxyl groups is 4. The summed E-state index contributed by atoms with van der Waals surface area (Å²) in [5, 5.41) is 58.4. The number of carbonyl (C=O) groups excluding carboxylic acids is 3. The summed E-state index contributed by atoms with van der Waals surface area (Å²) in [5.41, 5.74) is 7.86. The van der Waals surface area contributed by atoms with Crippen molar-refractivity contribution in [3.05, 3.63) is 34.1 Å². The minimum atomic E-state index is -2.77. The Kier molecular flexibility index (Phi) is 5.11. The summed E-state index contributed by atoms with van der Waals surface area (Å²) in [7, 11) is 1.61. The highest BCUT2D eigenvalue weighted by Crippen LogP contribution is 2.53. The van der Waals surface area contributed by atoms with Gasteiger partial charge in [-0.05, 0) is 30.4 Å². The number of fused-ring (bicyclic) bond motifs is 3. The lowest BCUT2D eigenvalue weighted by Crippen LogP contribution is -2.66. The normalized spacial score (nSPS) is 28.9. The third kappa shape index (κ3) is 2.84. The number of ketones is 2. The third-order valence-electron chi connectivity index (χ3n) is 6.81. The lowest BCUT2D eigenvalue weighted by molar-refractivity contribution is -0.150. The lowest BCUT2D eigenvalue weighted by Gasteiger charge is -2.49. The van der Waals surface area contributed by atoms with E-state index in [1.807, 2.05) is 0 Å². The van der Waals surface area contributed by atoms with Crippen molar-refractivity contribution in [2.24, 2.45) is 17.6 Å². The van der Waals surface area contributed by atoms with Crippen LogP contribution in [0.15, 0.2) is 23.0 Å². The van der Waals surface area contributed by atoms with Crippen molar-refractivity contribution in [3.63, 3.8) is 0 Å². The lowest BCUT2D eigenvalue weighted by atomic mass is 9.57. The van der Waals surface area contributed by atoms with Crippen LogP contribution in [0.4, 0.5) is 11.4 Å². The summed E-state index contributed by atoms with van der Waals surface area (Å²) < 4.78 is 0. The van der Waals surface area contributed by atoms with Crippen molar-refractivity contribution in [1.29, 1.82) is 0 Å². The number of amides is 1. The molecule has 1 saturated carbocycles. The second kappa shape index (κ2) is 7.47. The van der Waals surface area contributed by atoms with Gasteiger partial charge in [-0.3, -0.25) is 19.7 Å². The molecule has 1 amide bonds. The fourth-order valence-corrected chi connectivity index (χ4v) is 5.32. The van der Waals surface area contributed by atoms with Crippen LogP contribution in [-0.2, 0) is 20.8 Å². The number of hydrogen-bond acceptors (Lipinski definition) is 11. The van der Waals surface area contributed by atoms with Gasteiger partial charge < -0.3 is 42.3 Å². The van der Waals surface area contributed by atoms with E-state index >= 15 is 0 Å². The largest absolute Gasteiger partial charge is 0.508 e. The fourth-order valence-electron chi connectivity index (χ4n) is 5.32.